The first-order chi connectivity index (χ1) is 11.1. The quantitative estimate of drug-likeness (QED) is 0.888. The number of aliphatic imine (C=N–C) groups is 1. The number of guanidine groups is 1. The Labute approximate surface area is 139 Å². The number of nitrogens with zero attached hydrogens (tertiary/aromatic N) is 2. The van der Waals surface area contributed by atoms with E-state index < -0.39 is 6.04 Å². The molecule has 0 aromatic heterocycles. The van der Waals surface area contributed by atoms with Gasteiger partial charge in [-0.05, 0) is 37.5 Å². The Bertz CT molecular complexity index is 641. The number of amides is 2. The van der Waals surface area contributed by atoms with Crippen LogP contribution in [-0.2, 0) is 9.59 Å². The summed E-state index contributed by atoms with van der Waals surface area (Å²) in [5.74, 6) is 0.137. The number of nitrogens with one attached hydrogen (secondary N) is 2. The van der Waals surface area contributed by atoms with Gasteiger partial charge in [-0.25, -0.2) is 4.99 Å². The average Bonchev–Trinajstić information content (AvgIpc) is 2.89. The van der Waals surface area contributed by atoms with E-state index in [0.717, 1.165) is 25.9 Å². The Morgan fingerprint density at radius 3 is 2.87 bits per heavy atom. The molecule has 6 nitrogen and oxygen atoms in total. The maximum absolute atomic E-state index is 12.1. The van der Waals surface area contributed by atoms with Crippen molar-refractivity contribution >= 4 is 35.1 Å². The van der Waals surface area contributed by atoms with E-state index in [1.807, 2.05) is 0 Å². The van der Waals surface area contributed by atoms with Gasteiger partial charge in [-0.1, -0.05) is 17.7 Å². The van der Waals surface area contributed by atoms with Gasteiger partial charge in [0.05, 0.1) is 6.42 Å². The minimum absolute atomic E-state index is 0.0235. The molecule has 23 heavy (non-hydrogen) atoms. The molecule has 0 spiro atoms. The van der Waals surface area contributed by atoms with Crippen LogP contribution in [0.4, 0.5) is 5.69 Å². The van der Waals surface area contributed by atoms with Crippen LogP contribution in [0.3, 0.4) is 0 Å². The predicted molar refractivity (Wildman–Crippen MR) is 89.5 cm³/mol. The highest BCUT2D eigenvalue weighted by Crippen LogP contribution is 2.17. The topological polar surface area (TPSA) is 73.8 Å². The molecule has 1 atom stereocenters. The van der Waals surface area contributed by atoms with Gasteiger partial charge in [0.15, 0.2) is 0 Å². The highest BCUT2D eigenvalue weighted by Gasteiger charge is 2.31. The maximum atomic E-state index is 12.1. The van der Waals surface area contributed by atoms with Crippen molar-refractivity contribution in [1.82, 2.24) is 10.2 Å². The molecule has 2 aliphatic rings. The summed E-state index contributed by atoms with van der Waals surface area (Å²) in [5, 5.41) is 6.07. The van der Waals surface area contributed by atoms with Gasteiger partial charge in [-0.15, -0.1) is 0 Å². The molecule has 2 N–H and O–H groups in total. The lowest BCUT2D eigenvalue weighted by molar-refractivity contribution is -0.123. The molecule has 1 unspecified atom stereocenters. The fraction of sp³-hybridized carbons (Fsp3) is 0.438. The molecule has 0 bridgehead atoms. The Kier molecular flexibility index (Phi) is 4.81. The second kappa shape index (κ2) is 7.00. The van der Waals surface area contributed by atoms with Crippen LogP contribution in [0.15, 0.2) is 29.3 Å². The molecule has 1 saturated heterocycles. The molecule has 1 aromatic rings. The lowest BCUT2D eigenvalue weighted by Gasteiger charge is -2.27. The van der Waals surface area contributed by atoms with Gasteiger partial charge < -0.3 is 10.2 Å². The van der Waals surface area contributed by atoms with Crippen molar-refractivity contribution in [3.05, 3.63) is 29.3 Å². The minimum atomic E-state index is -0.661. The number of likely N-dealkylation sites (tertiary alicyclic amines) is 1. The fourth-order valence-corrected chi connectivity index (χ4v) is 2.98. The molecule has 122 valence electrons. The van der Waals surface area contributed by atoms with E-state index in [1.54, 1.807) is 24.3 Å². The van der Waals surface area contributed by atoms with E-state index in [4.69, 9.17) is 11.6 Å². The number of halogens is 1. The number of benzene rings is 1. The van der Waals surface area contributed by atoms with Gasteiger partial charge in [0.25, 0.3) is 5.91 Å². The summed E-state index contributed by atoms with van der Waals surface area (Å²) < 4.78 is 0. The smallest absolute Gasteiger partial charge is 0.252 e. The van der Waals surface area contributed by atoms with Crippen LogP contribution >= 0.6 is 11.6 Å². The number of hydrogen-bond donors (Lipinski definition) is 2. The van der Waals surface area contributed by atoms with Crippen molar-refractivity contribution in [2.24, 2.45) is 4.99 Å². The van der Waals surface area contributed by atoms with Crippen molar-refractivity contribution in [2.45, 2.75) is 31.7 Å². The van der Waals surface area contributed by atoms with Gasteiger partial charge in [-0.3, -0.25) is 14.9 Å². The monoisotopic (exact) mass is 334 g/mol. The summed E-state index contributed by atoms with van der Waals surface area (Å²) in [7, 11) is 0. The number of anilines is 1. The molecule has 2 heterocycles. The summed E-state index contributed by atoms with van der Waals surface area (Å²) >= 11 is 5.88. The van der Waals surface area contributed by atoms with E-state index in [-0.39, 0.29) is 18.2 Å². The van der Waals surface area contributed by atoms with Crippen molar-refractivity contribution in [2.75, 3.05) is 18.4 Å². The molecular weight excluding hydrogens is 316 g/mol. The third-order valence-corrected chi connectivity index (χ3v) is 4.19. The SMILES string of the molecule is O=C(CC1N=C(N2CCCCC2)NC1=O)Nc1cccc(Cl)c1. The van der Waals surface area contributed by atoms with Gasteiger partial charge >= 0.3 is 0 Å². The molecule has 0 radical (unpaired) electrons. The normalized spacial score (nSPS) is 20.9. The van der Waals surface area contributed by atoms with E-state index in [1.165, 1.54) is 6.42 Å². The van der Waals surface area contributed by atoms with Crippen molar-refractivity contribution in [3.63, 3.8) is 0 Å². The van der Waals surface area contributed by atoms with Crippen LogP contribution in [0.25, 0.3) is 0 Å². The zero-order valence-electron chi connectivity index (χ0n) is 12.7. The lowest BCUT2D eigenvalue weighted by Crippen LogP contribution is -2.43. The van der Waals surface area contributed by atoms with Crippen molar-refractivity contribution < 1.29 is 9.59 Å². The summed E-state index contributed by atoms with van der Waals surface area (Å²) in [6.07, 6.45) is 3.45. The van der Waals surface area contributed by atoms with Gasteiger partial charge in [-0.2, -0.15) is 0 Å². The molecule has 2 aliphatic heterocycles. The van der Waals surface area contributed by atoms with Gasteiger partial charge in [0.1, 0.15) is 6.04 Å². The van der Waals surface area contributed by atoms with E-state index in [9.17, 15) is 9.59 Å². The summed E-state index contributed by atoms with van der Waals surface area (Å²) in [4.78, 5) is 30.6. The predicted octanol–water partition coefficient (Wildman–Crippen LogP) is 2.01. The minimum Gasteiger partial charge on any atom is -0.343 e. The molecule has 1 fully saturated rings. The van der Waals surface area contributed by atoms with Crippen LogP contribution in [0.1, 0.15) is 25.7 Å². The highest BCUT2D eigenvalue weighted by atomic mass is 35.5. The Morgan fingerprint density at radius 2 is 2.13 bits per heavy atom. The van der Waals surface area contributed by atoms with Crippen LogP contribution in [0.5, 0.6) is 0 Å². The number of piperidine rings is 1. The van der Waals surface area contributed by atoms with Crippen LogP contribution < -0.4 is 10.6 Å². The molecule has 3 rings (SSSR count). The summed E-state index contributed by atoms with van der Waals surface area (Å²) in [6.45, 7) is 1.81. The first kappa shape index (κ1) is 15.8. The molecule has 0 saturated carbocycles. The van der Waals surface area contributed by atoms with E-state index in [2.05, 4.69) is 20.5 Å². The standard InChI is InChI=1S/C16H19ClN4O2/c17-11-5-4-6-12(9-11)18-14(22)10-13-15(23)20-16(19-13)21-7-2-1-3-8-21/h4-6,9,13H,1-3,7-8,10H2,(H,18,22)(H,19,20,23). The largest absolute Gasteiger partial charge is 0.343 e. The zero-order valence-corrected chi connectivity index (χ0v) is 13.5. The van der Waals surface area contributed by atoms with Gasteiger partial charge in [0, 0.05) is 23.8 Å². The zero-order chi connectivity index (χ0) is 16.2. The molecule has 1 aromatic carbocycles. The lowest BCUT2D eigenvalue weighted by atomic mass is 10.1. The van der Waals surface area contributed by atoms with E-state index in [0.29, 0.717) is 16.7 Å². The van der Waals surface area contributed by atoms with Crippen LogP contribution in [0.2, 0.25) is 5.02 Å². The molecule has 7 heteroatoms. The van der Waals surface area contributed by atoms with Crippen LogP contribution in [0, 0.1) is 0 Å². The first-order valence-electron chi connectivity index (χ1n) is 7.81. The Balaban J connectivity index is 1.59. The Hall–Kier alpha value is -2.08. The Morgan fingerprint density at radius 1 is 1.35 bits per heavy atom. The van der Waals surface area contributed by atoms with Gasteiger partial charge in [0.2, 0.25) is 11.9 Å². The van der Waals surface area contributed by atoms with Crippen LogP contribution in [-0.4, -0.2) is 41.8 Å². The second-order valence-corrected chi connectivity index (χ2v) is 6.20. The molecular formula is C16H19ClN4O2. The highest BCUT2D eigenvalue weighted by molar-refractivity contribution is 6.30. The van der Waals surface area contributed by atoms with Crippen molar-refractivity contribution in [1.29, 1.82) is 0 Å². The number of hydrogen-bond acceptors (Lipinski definition) is 4. The fourth-order valence-electron chi connectivity index (χ4n) is 2.79. The number of carbonyl (C=O) groups excluding carboxylic acids is 2. The first-order valence-corrected chi connectivity index (χ1v) is 8.18. The maximum Gasteiger partial charge on any atom is 0.252 e. The number of carbonyl (C=O) groups is 2. The number of rotatable bonds is 3. The average molecular weight is 335 g/mol. The third-order valence-electron chi connectivity index (χ3n) is 3.96. The second-order valence-electron chi connectivity index (χ2n) is 5.77. The molecule has 0 aliphatic carbocycles. The summed E-state index contributed by atoms with van der Waals surface area (Å²) in [6, 6.07) is 6.24. The third kappa shape index (κ3) is 4.01. The van der Waals surface area contributed by atoms with E-state index >= 15 is 0 Å². The summed E-state index contributed by atoms with van der Waals surface area (Å²) in [5.41, 5.74) is 0.612. The van der Waals surface area contributed by atoms with Crippen molar-refractivity contribution in [3.8, 4) is 0 Å². The molecule has 2 amide bonds.